The fraction of sp³-hybridized carbons (Fsp3) is 0.333. The topological polar surface area (TPSA) is 72.2 Å². The van der Waals surface area contributed by atoms with Gasteiger partial charge in [0.1, 0.15) is 18.2 Å². The lowest BCUT2D eigenvalue weighted by Crippen LogP contribution is -2.47. The van der Waals surface area contributed by atoms with Crippen LogP contribution in [-0.2, 0) is 0 Å². The molecule has 1 aliphatic rings. The van der Waals surface area contributed by atoms with Crippen molar-refractivity contribution in [1.82, 2.24) is 24.7 Å². The second-order valence-electron chi connectivity index (χ2n) is 6.76. The average molecular weight is 393 g/mol. The zero-order chi connectivity index (χ0) is 20.1. The zero-order valence-electron chi connectivity index (χ0n) is 14.7. The summed E-state index contributed by atoms with van der Waals surface area (Å²) < 4.78 is 54.6. The van der Waals surface area contributed by atoms with Crippen molar-refractivity contribution in [3.05, 3.63) is 47.9 Å². The first-order valence-electron chi connectivity index (χ1n) is 8.58. The second-order valence-corrected chi connectivity index (χ2v) is 6.76. The molecule has 1 fully saturated rings. The van der Waals surface area contributed by atoms with Gasteiger partial charge in [-0.3, -0.25) is 14.2 Å². The van der Waals surface area contributed by atoms with Gasteiger partial charge in [0.25, 0.3) is 5.91 Å². The highest BCUT2D eigenvalue weighted by atomic mass is 19.4. The summed E-state index contributed by atoms with van der Waals surface area (Å²) in [5.41, 5.74) is 0.997. The summed E-state index contributed by atoms with van der Waals surface area (Å²) in [4.78, 5) is 24.8. The Balaban J connectivity index is 1.72. The highest BCUT2D eigenvalue weighted by molar-refractivity contribution is 5.98. The minimum Gasteiger partial charge on any atom is -0.339 e. The number of halogens is 4. The predicted molar refractivity (Wildman–Crippen MR) is 90.9 cm³/mol. The van der Waals surface area contributed by atoms with E-state index < -0.39 is 29.9 Å². The molecule has 146 valence electrons. The molecule has 3 heterocycles. The maximum atomic E-state index is 13.5. The number of rotatable bonds is 4. The van der Waals surface area contributed by atoms with Gasteiger partial charge >= 0.3 is 6.18 Å². The average Bonchev–Trinajstić information content (AvgIpc) is 3.36. The second kappa shape index (κ2) is 6.54. The van der Waals surface area contributed by atoms with Crippen LogP contribution in [0.15, 0.2) is 30.7 Å². The maximum Gasteiger partial charge on any atom is 0.408 e. The van der Waals surface area contributed by atoms with Crippen LogP contribution in [0, 0.1) is 18.7 Å². The molecule has 1 aliphatic carbocycles. The van der Waals surface area contributed by atoms with Crippen molar-refractivity contribution in [2.45, 2.75) is 32.0 Å². The number of aryl methyl sites for hydroxylation is 1. The third-order valence-corrected chi connectivity index (χ3v) is 4.63. The molecule has 0 aromatic carbocycles. The summed E-state index contributed by atoms with van der Waals surface area (Å²) in [6.45, 7) is 1.71. The van der Waals surface area contributed by atoms with Crippen LogP contribution in [-0.4, -0.2) is 37.5 Å². The molecule has 6 nitrogen and oxygen atoms in total. The van der Waals surface area contributed by atoms with Gasteiger partial charge in [-0.25, -0.2) is 14.4 Å². The van der Waals surface area contributed by atoms with E-state index in [1.807, 2.05) is 5.32 Å². The molecule has 1 amide bonds. The number of imidazole rings is 1. The zero-order valence-corrected chi connectivity index (χ0v) is 14.7. The van der Waals surface area contributed by atoms with E-state index in [1.165, 1.54) is 29.1 Å². The Bertz CT molecular complexity index is 1060. The molecule has 0 saturated heterocycles. The molecule has 0 aliphatic heterocycles. The van der Waals surface area contributed by atoms with Crippen LogP contribution in [0.2, 0.25) is 0 Å². The molecule has 3 aromatic heterocycles. The minimum atomic E-state index is -4.54. The number of hydrogen-bond donors (Lipinski definition) is 1. The Kier molecular flexibility index (Phi) is 4.28. The lowest BCUT2D eigenvalue weighted by Gasteiger charge is -2.20. The summed E-state index contributed by atoms with van der Waals surface area (Å²) in [6.07, 6.45) is -1.11. The van der Waals surface area contributed by atoms with Gasteiger partial charge in [0.15, 0.2) is 11.3 Å². The summed E-state index contributed by atoms with van der Waals surface area (Å²) in [5, 5.41) is 2.05. The maximum absolute atomic E-state index is 13.5. The lowest BCUT2D eigenvalue weighted by atomic mass is 10.1. The van der Waals surface area contributed by atoms with Gasteiger partial charge in [0, 0.05) is 18.0 Å². The monoisotopic (exact) mass is 393 g/mol. The van der Waals surface area contributed by atoms with Crippen LogP contribution in [0.3, 0.4) is 0 Å². The quantitative estimate of drug-likeness (QED) is 0.691. The normalized spacial score (nSPS) is 15.6. The van der Waals surface area contributed by atoms with Gasteiger partial charge in [-0.05, 0) is 37.8 Å². The Hall–Kier alpha value is -3.04. The van der Waals surface area contributed by atoms with Crippen LogP contribution in [0.5, 0.6) is 0 Å². The number of amides is 1. The number of nitrogens with one attached hydrogen (secondary N) is 1. The number of carbonyl (C=O) groups excluding carboxylic acids is 1. The number of pyridine rings is 1. The highest BCUT2D eigenvalue weighted by Crippen LogP contribution is 2.40. The van der Waals surface area contributed by atoms with Gasteiger partial charge in [-0.1, -0.05) is 0 Å². The summed E-state index contributed by atoms with van der Waals surface area (Å²) in [6, 6.07) is 2.08. The van der Waals surface area contributed by atoms with Crippen LogP contribution in [0.1, 0.15) is 29.0 Å². The SMILES string of the molecule is Cc1cc(-c2cc(F)ccn2)nc2c(C(=O)NC(C3CC3)C(F)(F)F)ncn12. The van der Waals surface area contributed by atoms with Crippen molar-refractivity contribution in [2.24, 2.45) is 5.92 Å². The number of aromatic nitrogens is 4. The van der Waals surface area contributed by atoms with Crippen molar-refractivity contribution >= 4 is 11.6 Å². The van der Waals surface area contributed by atoms with E-state index in [4.69, 9.17) is 0 Å². The first-order chi connectivity index (χ1) is 13.2. The van der Waals surface area contributed by atoms with Crippen molar-refractivity contribution < 1.29 is 22.4 Å². The van der Waals surface area contributed by atoms with Gasteiger partial charge in [-0.15, -0.1) is 0 Å². The first-order valence-corrected chi connectivity index (χ1v) is 8.58. The molecule has 1 unspecified atom stereocenters. The van der Waals surface area contributed by atoms with Crippen molar-refractivity contribution in [3.8, 4) is 11.4 Å². The van der Waals surface area contributed by atoms with Gasteiger partial charge in [-0.2, -0.15) is 13.2 Å². The smallest absolute Gasteiger partial charge is 0.339 e. The molecule has 0 spiro atoms. The van der Waals surface area contributed by atoms with Gasteiger partial charge in [0.05, 0.1) is 11.4 Å². The fourth-order valence-corrected chi connectivity index (χ4v) is 3.06. The third kappa shape index (κ3) is 3.41. The Morgan fingerprint density at radius 3 is 2.64 bits per heavy atom. The van der Waals surface area contributed by atoms with Crippen LogP contribution < -0.4 is 5.32 Å². The molecule has 1 atom stereocenters. The molecule has 0 bridgehead atoms. The van der Waals surface area contributed by atoms with Crippen LogP contribution in [0.25, 0.3) is 17.0 Å². The van der Waals surface area contributed by atoms with E-state index >= 15 is 0 Å². The summed E-state index contributed by atoms with van der Waals surface area (Å²) in [7, 11) is 0. The van der Waals surface area contributed by atoms with Crippen LogP contribution in [0.4, 0.5) is 17.6 Å². The Labute approximate surface area is 156 Å². The number of hydrogen-bond acceptors (Lipinski definition) is 4. The summed E-state index contributed by atoms with van der Waals surface area (Å²) in [5.74, 6) is -2.07. The van der Waals surface area contributed by atoms with Gasteiger partial charge in [0.2, 0.25) is 0 Å². The van der Waals surface area contributed by atoms with E-state index in [9.17, 15) is 22.4 Å². The Morgan fingerprint density at radius 1 is 1.25 bits per heavy atom. The molecular weight excluding hydrogens is 378 g/mol. The van der Waals surface area contributed by atoms with Crippen molar-refractivity contribution in [2.75, 3.05) is 0 Å². The number of alkyl halides is 3. The molecule has 10 heteroatoms. The molecule has 3 aromatic rings. The lowest BCUT2D eigenvalue weighted by molar-refractivity contribution is -0.158. The predicted octanol–water partition coefficient (Wildman–Crippen LogP) is 3.31. The molecular formula is C18H15F4N5O. The van der Waals surface area contributed by atoms with Crippen molar-refractivity contribution in [3.63, 3.8) is 0 Å². The largest absolute Gasteiger partial charge is 0.408 e. The number of carbonyl (C=O) groups is 1. The Morgan fingerprint density at radius 2 is 2.00 bits per heavy atom. The minimum absolute atomic E-state index is 0.0790. The first kappa shape index (κ1) is 18.3. The molecule has 4 rings (SSSR count). The third-order valence-electron chi connectivity index (χ3n) is 4.63. The van der Waals surface area contributed by atoms with Crippen molar-refractivity contribution in [1.29, 1.82) is 0 Å². The van der Waals surface area contributed by atoms with E-state index in [0.29, 0.717) is 18.5 Å². The van der Waals surface area contributed by atoms with E-state index in [2.05, 4.69) is 15.0 Å². The standard InChI is InChI=1S/C18H15F4N5O/c1-9-6-13(12-7-11(19)4-5-23-12)25-16-14(24-8-27(9)16)17(28)26-15(10-2-3-10)18(20,21)22/h4-8,10,15H,2-3H2,1H3,(H,26,28). The molecule has 1 N–H and O–H groups in total. The molecule has 28 heavy (non-hydrogen) atoms. The number of fused-ring (bicyclic) bond motifs is 1. The van der Waals surface area contributed by atoms with E-state index in [-0.39, 0.29) is 22.7 Å². The van der Waals surface area contributed by atoms with E-state index in [0.717, 1.165) is 0 Å². The van der Waals surface area contributed by atoms with E-state index in [1.54, 1.807) is 13.0 Å². The summed E-state index contributed by atoms with van der Waals surface area (Å²) >= 11 is 0. The molecule has 0 radical (unpaired) electrons. The fourth-order valence-electron chi connectivity index (χ4n) is 3.06. The number of nitrogens with zero attached hydrogens (tertiary/aromatic N) is 4. The van der Waals surface area contributed by atoms with Crippen LogP contribution >= 0.6 is 0 Å². The highest BCUT2D eigenvalue weighted by Gasteiger charge is 2.50. The van der Waals surface area contributed by atoms with Gasteiger partial charge < -0.3 is 5.32 Å². The molecule has 1 saturated carbocycles.